The van der Waals surface area contributed by atoms with Crippen molar-refractivity contribution in [2.24, 2.45) is 11.8 Å². The minimum Gasteiger partial charge on any atom is -0.492 e. The van der Waals surface area contributed by atoms with Gasteiger partial charge in [0.15, 0.2) is 0 Å². The number of rotatable bonds is 17. The SMILES string of the molecule is CCOc1ccccc1S(=O)(=O)N1C(=O)C(OC(=O)N2CCC(C3CCN(C(=O)OC4(c5cccnc5OCC)C(=O)N(S(=O)(=O)c5ccccc5OCC)c5ccc(C#N)cc54)CC3)CC2)(c2cccnc2OCC)c2cc(C#N)ccc21. The van der Waals surface area contributed by atoms with E-state index in [0.29, 0.717) is 34.3 Å². The summed E-state index contributed by atoms with van der Waals surface area (Å²) in [5, 5.41) is 20.3. The molecule has 0 saturated carbocycles. The third-order valence-electron chi connectivity index (χ3n) is 15.4. The minimum atomic E-state index is -4.81. The number of anilines is 2. The van der Waals surface area contributed by atoms with Gasteiger partial charge < -0.3 is 38.2 Å². The van der Waals surface area contributed by atoms with Crippen LogP contribution in [0.2, 0.25) is 0 Å². The van der Waals surface area contributed by atoms with Gasteiger partial charge in [-0.25, -0.2) is 36.4 Å². The van der Waals surface area contributed by atoms with E-state index in [4.69, 9.17) is 28.4 Å². The van der Waals surface area contributed by atoms with Gasteiger partial charge in [-0.3, -0.25) is 9.59 Å². The summed E-state index contributed by atoms with van der Waals surface area (Å²) in [5.74, 6) is -2.54. The fourth-order valence-electron chi connectivity index (χ4n) is 11.6. The van der Waals surface area contributed by atoms with E-state index in [1.54, 1.807) is 39.8 Å². The van der Waals surface area contributed by atoms with Gasteiger partial charge in [0.2, 0.25) is 11.8 Å². The Morgan fingerprint density at radius 1 is 0.524 bits per heavy atom. The van der Waals surface area contributed by atoms with Gasteiger partial charge in [-0.05, 0) is 150 Å². The standard InChI is InChI=1S/C60H58N8O14S2/c1-5-77-49-17-9-11-19-51(49)83(73,74)67-47-23-21-39(37-61)35-45(47)59(55(67)69,43-15-13-29-63-53(43)79-7-3)81-57(71)65-31-25-41(26-32-65)42-27-33-66(34-28-42)58(72)82-60(44-16-14-30-64-54(44)80-8-4)46-36-40(38-62)22-24-48(46)68(56(60)70)84(75,76)52-20-12-10-18-50(52)78-6-2/h9-24,29-30,35-36,41-42H,5-8,25-28,31-34H2,1-4H3. The van der Waals surface area contributed by atoms with Gasteiger partial charge in [-0.15, -0.1) is 0 Å². The highest BCUT2D eigenvalue weighted by molar-refractivity contribution is 7.94. The number of fused-ring (bicyclic) bond motifs is 2. The van der Waals surface area contributed by atoms with Crippen molar-refractivity contribution >= 4 is 55.4 Å². The fourth-order valence-corrected chi connectivity index (χ4v) is 14.7. The number of benzene rings is 4. The number of hydrogen-bond donors (Lipinski definition) is 0. The maximum atomic E-state index is 15.5. The lowest BCUT2D eigenvalue weighted by atomic mass is 9.79. The smallest absolute Gasteiger partial charge is 0.411 e. The van der Waals surface area contributed by atoms with E-state index < -0.39 is 55.2 Å². The summed E-state index contributed by atoms with van der Waals surface area (Å²) in [6.07, 6.45) is 2.82. The molecule has 84 heavy (non-hydrogen) atoms. The number of para-hydroxylation sites is 2. The van der Waals surface area contributed by atoms with Gasteiger partial charge in [0, 0.05) is 49.7 Å². The van der Waals surface area contributed by atoms with E-state index >= 15 is 9.59 Å². The van der Waals surface area contributed by atoms with Crippen molar-refractivity contribution in [1.29, 1.82) is 10.5 Å². The van der Waals surface area contributed by atoms with E-state index in [9.17, 15) is 36.9 Å². The first-order chi connectivity index (χ1) is 40.5. The molecule has 6 heterocycles. The summed E-state index contributed by atoms with van der Waals surface area (Å²) in [4.78, 5) is 71.6. The highest BCUT2D eigenvalue weighted by Crippen LogP contribution is 2.54. The number of nitrogens with zero attached hydrogens (tertiary/aromatic N) is 8. The van der Waals surface area contributed by atoms with E-state index in [1.165, 1.54) is 119 Å². The first-order valence-corrected chi connectivity index (χ1v) is 30.3. The van der Waals surface area contributed by atoms with Crippen molar-refractivity contribution in [1.82, 2.24) is 19.8 Å². The van der Waals surface area contributed by atoms with Crippen LogP contribution in [0.15, 0.2) is 131 Å². The molecule has 0 spiro atoms. The number of likely N-dealkylation sites (tertiary alicyclic amines) is 2. The Morgan fingerprint density at radius 3 is 1.25 bits per heavy atom. The van der Waals surface area contributed by atoms with Crippen molar-refractivity contribution < 1.29 is 64.4 Å². The normalized spacial score (nSPS) is 19.0. The Hall–Kier alpha value is -9.26. The fraction of sp³-hybridized carbons (Fsp3) is 0.333. The molecule has 22 nitrogen and oxygen atoms in total. The van der Waals surface area contributed by atoms with Crippen LogP contribution in [0.4, 0.5) is 21.0 Å². The number of carbonyl (C=O) groups is 4. The quantitative estimate of drug-likeness (QED) is 0.0832. The van der Waals surface area contributed by atoms with Crippen LogP contribution in [0, 0.1) is 34.5 Å². The molecule has 6 aromatic rings. The topological polar surface area (TPSA) is 278 Å². The predicted molar refractivity (Wildman–Crippen MR) is 301 cm³/mol. The first kappa shape index (κ1) is 58.0. The molecule has 4 aliphatic rings. The molecule has 2 unspecified atom stereocenters. The first-order valence-electron chi connectivity index (χ1n) is 27.4. The molecule has 2 fully saturated rings. The Kier molecular flexibility index (Phi) is 16.2. The second-order valence-corrected chi connectivity index (χ2v) is 23.4. The van der Waals surface area contributed by atoms with E-state index in [-0.39, 0.29) is 142 Å². The molecule has 434 valence electrons. The maximum Gasteiger partial charge on any atom is 0.411 e. The van der Waals surface area contributed by atoms with Gasteiger partial charge >= 0.3 is 12.2 Å². The van der Waals surface area contributed by atoms with Crippen molar-refractivity contribution in [2.45, 2.75) is 74.4 Å². The Balaban J connectivity index is 0.901. The van der Waals surface area contributed by atoms with Crippen LogP contribution >= 0.6 is 0 Å². The molecule has 4 amide bonds. The average molecular weight is 1180 g/mol. The van der Waals surface area contributed by atoms with Gasteiger partial charge in [-0.2, -0.15) is 19.1 Å². The molecule has 2 atom stereocenters. The average Bonchev–Trinajstić information content (AvgIpc) is 1.69. The highest BCUT2D eigenvalue weighted by Gasteiger charge is 2.63. The largest absolute Gasteiger partial charge is 0.492 e. The van der Waals surface area contributed by atoms with E-state index in [1.807, 2.05) is 12.1 Å². The maximum absolute atomic E-state index is 15.5. The summed E-state index contributed by atoms with van der Waals surface area (Å²) in [6, 6.07) is 29.7. The Morgan fingerprint density at radius 2 is 0.893 bits per heavy atom. The highest BCUT2D eigenvalue weighted by atomic mass is 32.2. The summed E-state index contributed by atoms with van der Waals surface area (Å²) in [5.41, 5.74) is -5.65. The second-order valence-electron chi connectivity index (χ2n) is 19.9. The monoisotopic (exact) mass is 1180 g/mol. The van der Waals surface area contributed by atoms with Crippen LogP contribution in [0.3, 0.4) is 0 Å². The van der Waals surface area contributed by atoms with Crippen LogP contribution in [-0.4, -0.2) is 113 Å². The second kappa shape index (κ2) is 23.5. The van der Waals surface area contributed by atoms with Crippen molar-refractivity contribution in [2.75, 3.05) is 61.2 Å². The zero-order valence-corrected chi connectivity index (χ0v) is 47.9. The number of aromatic nitrogens is 2. The third-order valence-corrected chi connectivity index (χ3v) is 18.8. The molecule has 4 aromatic carbocycles. The van der Waals surface area contributed by atoms with Crippen LogP contribution < -0.4 is 27.6 Å². The number of amides is 4. The summed E-state index contributed by atoms with van der Waals surface area (Å²) in [7, 11) is -9.63. The summed E-state index contributed by atoms with van der Waals surface area (Å²) < 4.78 is 96.8. The number of hydrogen-bond acceptors (Lipinski definition) is 18. The number of sulfonamides is 2. The summed E-state index contributed by atoms with van der Waals surface area (Å²) >= 11 is 0. The van der Waals surface area contributed by atoms with Crippen molar-refractivity contribution in [3.05, 3.63) is 155 Å². The molecular formula is C60H58N8O14S2. The molecule has 0 aliphatic carbocycles. The van der Waals surface area contributed by atoms with E-state index in [0.717, 1.165) is 0 Å². The zero-order valence-electron chi connectivity index (χ0n) is 46.3. The predicted octanol–water partition coefficient (Wildman–Crippen LogP) is 8.17. The summed E-state index contributed by atoms with van der Waals surface area (Å²) in [6.45, 7) is 7.75. The lowest BCUT2D eigenvalue weighted by Gasteiger charge is -2.41. The number of ether oxygens (including phenoxy) is 6. The number of carbonyl (C=O) groups excluding carboxylic acids is 4. The van der Waals surface area contributed by atoms with Gasteiger partial charge in [0.1, 0.15) is 21.3 Å². The Bertz CT molecular complexity index is 3640. The van der Waals surface area contributed by atoms with Crippen LogP contribution in [0.1, 0.15) is 86.8 Å². The molecule has 0 bridgehead atoms. The lowest BCUT2D eigenvalue weighted by molar-refractivity contribution is -0.133. The molecule has 0 N–H and O–H groups in total. The number of piperidine rings is 2. The third kappa shape index (κ3) is 9.87. The van der Waals surface area contributed by atoms with Gasteiger partial charge in [0.25, 0.3) is 43.1 Å². The molecule has 4 aliphatic heterocycles. The molecular weight excluding hydrogens is 1120 g/mol. The Labute approximate surface area is 485 Å². The van der Waals surface area contributed by atoms with Gasteiger partial charge in [-0.1, -0.05) is 24.3 Å². The molecule has 2 aromatic heterocycles. The molecule has 0 radical (unpaired) electrons. The minimum absolute atomic E-state index is 0.0152. The molecule has 10 rings (SSSR count). The van der Waals surface area contributed by atoms with Crippen molar-refractivity contribution in [3.8, 4) is 35.4 Å². The molecule has 24 heteroatoms. The van der Waals surface area contributed by atoms with Crippen molar-refractivity contribution in [3.63, 3.8) is 0 Å². The number of nitriles is 2. The van der Waals surface area contributed by atoms with E-state index in [2.05, 4.69) is 9.97 Å². The molecule has 2 saturated heterocycles. The van der Waals surface area contributed by atoms with Crippen LogP contribution in [0.25, 0.3) is 0 Å². The van der Waals surface area contributed by atoms with Crippen LogP contribution in [-0.2, 0) is 50.3 Å². The number of pyridine rings is 2. The van der Waals surface area contributed by atoms with Crippen LogP contribution in [0.5, 0.6) is 23.3 Å². The zero-order chi connectivity index (χ0) is 59.6. The lowest BCUT2D eigenvalue weighted by Crippen LogP contribution is -2.51. The van der Waals surface area contributed by atoms with Gasteiger partial charge in [0.05, 0.1) is 72.2 Å².